The van der Waals surface area contributed by atoms with Gasteiger partial charge in [-0.25, -0.2) is 0 Å². The summed E-state index contributed by atoms with van der Waals surface area (Å²) in [5, 5.41) is 4.90. The molecule has 2 nitrogen and oxygen atoms in total. The molecule has 0 N–H and O–H groups in total. The monoisotopic (exact) mass is 833 g/mol. The standard InChI is InChI=1S/C61H39NOS/c1-3-14-44(15-4-1)61(45-16-5-2-6-17-45)53-21-10-7-20-51(53)60-54(61)22-13-23-55(60)62(46-32-26-40(27-33-46)42-31-37-57-52(38-42)48-18-8-11-24-56(48)63-57)47-34-28-41(29-35-47)43-30-36-50-49-19-9-12-25-58(49)64-59(50)39-43/h1-39H. The van der Waals surface area contributed by atoms with E-state index in [0.29, 0.717) is 0 Å². The van der Waals surface area contributed by atoms with Crippen molar-refractivity contribution in [3.8, 4) is 33.4 Å². The smallest absolute Gasteiger partial charge is 0.135 e. The average Bonchev–Trinajstić information content (AvgIpc) is 4.03. The molecule has 0 fully saturated rings. The Kier molecular flexibility index (Phi) is 8.34. The summed E-state index contributed by atoms with van der Waals surface area (Å²) >= 11 is 1.86. The van der Waals surface area contributed by atoms with Crippen LogP contribution in [0.15, 0.2) is 241 Å². The highest BCUT2D eigenvalue weighted by Crippen LogP contribution is 2.59. The van der Waals surface area contributed by atoms with Crippen molar-refractivity contribution in [2.75, 3.05) is 4.90 Å². The zero-order valence-electron chi connectivity index (χ0n) is 34.8. The fraction of sp³-hybridized carbons (Fsp3) is 0.0164. The maximum Gasteiger partial charge on any atom is 0.135 e. The molecule has 0 unspecified atom stereocenters. The van der Waals surface area contributed by atoms with Crippen molar-refractivity contribution in [3.63, 3.8) is 0 Å². The summed E-state index contributed by atoms with van der Waals surface area (Å²) in [6.45, 7) is 0. The van der Waals surface area contributed by atoms with Gasteiger partial charge >= 0.3 is 0 Å². The van der Waals surface area contributed by atoms with E-state index in [-0.39, 0.29) is 0 Å². The van der Waals surface area contributed by atoms with Crippen LogP contribution in [0.2, 0.25) is 0 Å². The van der Waals surface area contributed by atoms with Gasteiger partial charge in [-0.3, -0.25) is 0 Å². The normalized spacial score (nSPS) is 12.8. The molecule has 0 spiro atoms. The minimum atomic E-state index is -0.509. The maximum atomic E-state index is 6.19. The summed E-state index contributed by atoms with van der Waals surface area (Å²) < 4.78 is 8.82. The van der Waals surface area contributed by atoms with E-state index in [1.54, 1.807) is 0 Å². The molecule has 300 valence electrons. The predicted molar refractivity (Wildman–Crippen MR) is 269 cm³/mol. The average molecular weight is 834 g/mol. The Morgan fingerprint density at radius 1 is 0.359 bits per heavy atom. The van der Waals surface area contributed by atoms with E-state index in [9.17, 15) is 0 Å². The first kappa shape index (κ1) is 36.7. The summed E-state index contributed by atoms with van der Waals surface area (Å²) in [7, 11) is 0. The number of hydrogen-bond donors (Lipinski definition) is 0. The molecule has 0 aliphatic heterocycles. The molecule has 0 amide bonds. The first-order chi connectivity index (χ1) is 31.7. The van der Waals surface area contributed by atoms with Crippen molar-refractivity contribution in [2.45, 2.75) is 5.41 Å². The number of para-hydroxylation sites is 1. The van der Waals surface area contributed by atoms with Crippen LogP contribution in [-0.2, 0) is 5.41 Å². The van der Waals surface area contributed by atoms with Gasteiger partial charge in [-0.1, -0.05) is 176 Å². The Bertz CT molecular complexity index is 3670. The van der Waals surface area contributed by atoms with Crippen molar-refractivity contribution in [1.29, 1.82) is 0 Å². The lowest BCUT2D eigenvalue weighted by Crippen LogP contribution is -2.28. The molecular weight excluding hydrogens is 795 g/mol. The molecule has 0 bridgehead atoms. The van der Waals surface area contributed by atoms with Gasteiger partial charge in [0.2, 0.25) is 0 Å². The third kappa shape index (κ3) is 5.58. The van der Waals surface area contributed by atoms with Gasteiger partial charge in [-0.15, -0.1) is 11.3 Å². The Labute approximate surface area is 375 Å². The highest BCUT2D eigenvalue weighted by atomic mass is 32.1. The Morgan fingerprint density at radius 2 is 0.906 bits per heavy atom. The molecule has 1 aliphatic rings. The number of hydrogen-bond acceptors (Lipinski definition) is 3. The molecule has 10 aromatic carbocycles. The van der Waals surface area contributed by atoms with Crippen molar-refractivity contribution in [3.05, 3.63) is 259 Å². The molecule has 0 saturated heterocycles. The summed E-state index contributed by atoms with van der Waals surface area (Å²) in [6, 6.07) is 86.7. The van der Waals surface area contributed by atoms with Crippen molar-refractivity contribution in [1.82, 2.24) is 0 Å². The number of benzene rings is 10. The highest BCUT2D eigenvalue weighted by molar-refractivity contribution is 7.25. The lowest BCUT2D eigenvalue weighted by Gasteiger charge is -2.34. The minimum absolute atomic E-state index is 0.509. The van der Waals surface area contributed by atoms with Crippen LogP contribution in [0, 0.1) is 0 Å². The molecule has 12 aromatic rings. The van der Waals surface area contributed by atoms with Gasteiger partial charge in [-0.05, 0) is 111 Å². The van der Waals surface area contributed by atoms with Gasteiger partial charge in [0, 0.05) is 47.9 Å². The number of thiophene rings is 1. The first-order valence-corrected chi connectivity index (χ1v) is 22.7. The second-order valence-corrected chi connectivity index (χ2v) is 17.9. The second kappa shape index (κ2) is 14.6. The summed E-state index contributed by atoms with van der Waals surface area (Å²) in [6.07, 6.45) is 0. The van der Waals surface area contributed by atoms with Crippen LogP contribution in [0.25, 0.3) is 75.5 Å². The Morgan fingerprint density at radius 3 is 1.64 bits per heavy atom. The largest absolute Gasteiger partial charge is 0.456 e. The maximum absolute atomic E-state index is 6.19. The van der Waals surface area contributed by atoms with Crippen molar-refractivity contribution >= 4 is 70.5 Å². The van der Waals surface area contributed by atoms with E-state index in [0.717, 1.165) is 50.1 Å². The molecule has 13 rings (SSSR count). The van der Waals surface area contributed by atoms with E-state index in [4.69, 9.17) is 4.42 Å². The topological polar surface area (TPSA) is 16.4 Å². The van der Waals surface area contributed by atoms with E-state index in [1.807, 2.05) is 23.5 Å². The first-order valence-electron chi connectivity index (χ1n) is 21.9. The molecule has 1 aliphatic carbocycles. The molecule has 0 radical (unpaired) electrons. The Hall–Kier alpha value is -7.98. The van der Waals surface area contributed by atoms with Crippen LogP contribution in [-0.4, -0.2) is 0 Å². The van der Waals surface area contributed by atoms with Crippen LogP contribution in [0.4, 0.5) is 17.1 Å². The van der Waals surface area contributed by atoms with Gasteiger partial charge in [-0.2, -0.15) is 0 Å². The quantitative estimate of drug-likeness (QED) is 0.159. The minimum Gasteiger partial charge on any atom is -0.456 e. The van der Waals surface area contributed by atoms with Crippen LogP contribution in [0.1, 0.15) is 22.3 Å². The molecule has 64 heavy (non-hydrogen) atoms. The zero-order chi connectivity index (χ0) is 42.2. The molecule has 2 heterocycles. The summed E-state index contributed by atoms with van der Waals surface area (Å²) in [5.74, 6) is 0. The molecule has 2 aromatic heterocycles. The van der Waals surface area contributed by atoms with Crippen molar-refractivity contribution < 1.29 is 4.42 Å². The predicted octanol–water partition coefficient (Wildman–Crippen LogP) is 17.1. The lowest BCUT2D eigenvalue weighted by molar-refractivity contribution is 0.669. The fourth-order valence-electron chi connectivity index (χ4n) is 10.5. The second-order valence-electron chi connectivity index (χ2n) is 16.8. The summed E-state index contributed by atoms with van der Waals surface area (Å²) in [4.78, 5) is 2.46. The van der Waals surface area contributed by atoms with Crippen molar-refractivity contribution in [2.24, 2.45) is 0 Å². The van der Waals surface area contributed by atoms with Gasteiger partial charge in [0.25, 0.3) is 0 Å². The SMILES string of the molecule is c1ccc(C2(c3ccccc3)c3ccccc3-c3c(N(c4ccc(-c5ccc6c(c5)sc5ccccc56)cc4)c4ccc(-c5ccc6oc7ccccc7c6c5)cc4)cccc32)cc1. The number of anilines is 3. The van der Waals surface area contributed by atoms with Gasteiger partial charge in [0.15, 0.2) is 0 Å². The Balaban J connectivity index is 0.989. The van der Waals surface area contributed by atoms with Gasteiger partial charge in [0.05, 0.1) is 11.1 Å². The fourth-order valence-corrected chi connectivity index (χ4v) is 11.6. The van der Waals surface area contributed by atoms with E-state index in [1.165, 1.54) is 64.7 Å². The highest BCUT2D eigenvalue weighted by Gasteiger charge is 2.47. The van der Waals surface area contributed by atoms with Crippen LogP contribution < -0.4 is 4.90 Å². The van der Waals surface area contributed by atoms with Crippen LogP contribution in [0.5, 0.6) is 0 Å². The number of furan rings is 1. The molecule has 0 saturated carbocycles. The number of fused-ring (bicyclic) bond motifs is 9. The molecular formula is C61H39NOS. The number of rotatable bonds is 7. The van der Waals surface area contributed by atoms with Crippen LogP contribution in [0.3, 0.4) is 0 Å². The zero-order valence-corrected chi connectivity index (χ0v) is 35.6. The number of nitrogens with zero attached hydrogens (tertiary/aromatic N) is 1. The van der Waals surface area contributed by atoms with E-state index in [2.05, 4.69) is 229 Å². The van der Waals surface area contributed by atoms with Crippen LogP contribution >= 0.6 is 11.3 Å². The van der Waals surface area contributed by atoms with E-state index >= 15 is 0 Å². The third-order valence-electron chi connectivity index (χ3n) is 13.4. The van der Waals surface area contributed by atoms with Gasteiger partial charge < -0.3 is 9.32 Å². The molecule has 0 atom stereocenters. The van der Waals surface area contributed by atoms with E-state index < -0.39 is 5.41 Å². The summed E-state index contributed by atoms with van der Waals surface area (Å²) in [5.41, 5.74) is 16.9. The molecule has 3 heteroatoms. The van der Waals surface area contributed by atoms with Gasteiger partial charge in [0.1, 0.15) is 11.2 Å². The lowest BCUT2D eigenvalue weighted by atomic mass is 9.68. The third-order valence-corrected chi connectivity index (χ3v) is 14.5.